The average Bonchev–Trinajstić information content (AvgIpc) is 3.10. The first kappa shape index (κ1) is 21.8. The number of carbonyl (C=O) groups is 1. The lowest BCUT2D eigenvalue weighted by molar-refractivity contribution is -0.138. The summed E-state index contributed by atoms with van der Waals surface area (Å²) in [4.78, 5) is 14.8. The van der Waals surface area contributed by atoms with Crippen molar-refractivity contribution in [3.8, 4) is 11.5 Å². The van der Waals surface area contributed by atoms with Crippen LogP contribution in [0.1, 0.15) is 18.1 Å². The molecule has 1 heterocycles. The van der Waals surface area contributed by atoms with E-state index in [0.717, 1.165) is 6.07 Å². The first-order valence-corrected chi connectivity index (χ1v) is 9.47. The summed E-state index contributed by atoms with van der Waals surface area (Å²) in [7, 11) is 4.58. The SMILES string of the molecule is CCOc1ccccc1N(C(=O)N1CCc2cc(OC)c(C(F)(F)F)cc21)N(C)C. The van der Waals surface area contributed by atoms with Crippen molar-refractivity contribution in [1.29, 1.82) is 0 Å². The van der Waals surface area contributed by atoms with E-state index in [4.69, 9.17) is 9.47 Å². The Kier molecular flexibility index (Phi) is 6.12. The van der Waals surface area contributed by atoms with Gasteiger partial charge in [0.25, 0.3) is 0 Å². The van der Waals surface area contributed by atoms with Crippen LogP contribution in [0.25, 0.3) is 0 Å². The Hall–Kier alpha value is -2.94. The molecule has 0 radical (unpaired) electrons. The second-order valence-corrected chi connectivity index (χ2v) is 6.92. The first-order valence-electron chi connectivity index (χ1n) is 9.47. The maximum Gasteiger partial charge on any atom is 0.420 e. The molecule has 2 aromatic rings. The molecule has 0 unspecified atom stereocenters. The summed E-state index contributed by atoms with van der Waals surface area (Å²) in [6, 6.07) is 8.92. The molecular weight excluding hydrogens is 399 g/mol. The number of methoxy groups -OCH3 is 1. The number of alkyl halides is 3. The number of carbonyl (C=O) groups excluding carboxylic acids is 1. The van der Waals surface area contributed by atoms with E-state index in [0.29, 0.717) is 30.0 Å². The Bertz CT molecular complexity index is 931. The number of ether oxygens (including phenoxy) is 2. The molecular formula is C21H24F3N3O3. The molecule has 0 saturated carbocycles. The molecule has 0 N–H and O–H groups in total. The molecule has 0 aliphatic carbocycles. The minimum atomic E-state index is -4.60. The second-order valence-electron chi connectivity index (χ2n) is 6.92. The van der Waals surface area contributed by atoms with Gasteiger partial charge in [-0.05, 0) is 43.2 Å². The summed E-state index contributed by atoms with van der Waals surface area (Å²) in [5.41, 5.74) is 0.459. The molecule has 0 spiro atoms. The van der Waals surface area contributed by atoms with Gasteiger partial charge < -0.3 is 9.47 Å². The molecule has 0 aromatic heterocycles. The number of hydrogen-bond acceptors (Lipinski definition) is 4. The third-order valence-electron chi connectivity index (χ3n) is 4.81. The maximum atomic E-state index is 13.5. The molecule has 3 rings (SSSR count). The van der Waals surface area contributed by atoms with Gasteiger partial charge in [0, 0.05) is 26.3 Å². The predicted octanol–water partition coefficient (Wildman–Crippen LogP) is 4.58. The van der Waals surface area contributed by atoms with Gasteiger partial charge in [-0.3, -0.25) is 4.90 Å². The van der Waals surface area contributed by atoms with E-state index in [1.54, 1.807) is 43.4 Å². The first-order chi connectivity index (χ1) is 14.2. The van der Waals surface area contributed by atoms with Crippen molar-refractivity contribution < 1.29 is 27.4 Å². The van der Waals surface area contributed by atoms with Crippen LogP contribution in [0, 0.1) is 0 Å². The summed E-state index contributed by atoms with van der Waals surface area (Å²) in [6.45, 7) is 2.51. The lowest BCUT2D eigenvalue weighted by Crippen LogP contribution is -2.49. The zero-order valence-corrected chi connectivity index (χ0v) is 17.3. The number of rotatable bonds is 5. The highest BCUT2D eigenvalue weighted by atomic mass is 19.4. The van der Waals surface area contributed by atoms with Gasteiger partial charge in [-0.1, -0.05) is 12.1 Å². The van der Waals surface area contributed by atoms with Crippen LogP contribution < -0.4 is 19.4 Å². The highest BCUT2D eigenvalue weighted by molar-refractivity contribution is 6.05. The smallest absolute Gasteiger partial charge is 0.420 e. The van der Waals surface area contributed by atoms with Crippen LogP contribution in [0.3, 0.4) is 0 Å². The van der Waals surface area contributed by atoms with Crippen LogP contribution in [0.5, 0.6) is 11.5 Å². The van der Waals surface area contributed by atoms with Gasteiger partial charge in [-0.25, -0.2) is 14.8 Å². The number of hydrazine groups is 1. The Morgan fingerprint density at radius 2 is 1.87 bits per heavy atom. The van der Waals surface area contributed by atoms with Gasteiger partial charge in [0.2, 0.25) is 0 Å². The summed E-state index contributed by atoms with van der Waals surface area (Å²) >= 11 is 0. The third-order valence-corrected chi connectivity index (χ3v) is 4.81. The highest BCUT2D eigenvalue weighted by Gasteiger charge is 2.39. The van der Waals surface area contributed by atoms with Crippen LogP contribution in [0.4, 0.5) is 29.3 Å². The van der Waals surface area contributed by atoms with E-state index in [-0.39, 0.29) is 18.0 Å². The van der Waals surface area contributed by atoms with E-state index >= 15 is 0 Å². The van der Waals surface area contributed by atoms with Crippen molar-refractivity contribution in [1.82, 2.24) is 5.01 Å². The molecule has 0 atom stereocenters. The van der Waals surface area contributed by atoms with Gasteiger partial charge in [-0.2, -0.15) is 13.2 Å². The fourth-order valence-electron chi connectivity index (χ4n) is 3.52. The predicted molar refractivity (Wildman–Crippen MR) is 108 cm³/mol. The number of amides is 2. The number of halogens is 3. The third kappa shape index (κ3) is 4.02. The Morgan fingerprint density at radius 1 is 1.17 bits per heavy atom. The van der Waals surface area contributed by atoms with Crippen LogP contribution in [-0.4, -0.2) is 45.4 Å². The Labute approximate surface area is 173 Å². The van der Waals surface area contributed by atoms with E-state index in [2.05, 4.69) is 0 Å². The normalized spacial score (nSPS) is 13.4. The summed E-state index contributed by atoms with van der Waals surface area (Å²) in [6.07, 6.45) is -4.16. The lowest BCUT2D eigenvalue weighted by atomic mass is 10.1. The van der Waals surface area contributed by atoms with Crippen molar-refractivity contribution in [3.63, 3.8) is 0 Å². The molecule has 162 valence electrons. The fraction of sp³-hybridized carbons (Fsp3) is 0.381. The van der Waals surface area contributed by atoms with E-state index in [1.807, 2.05) is 6.92 Å². The monoisotopic (exact) mass is 423 g/mol. The molecule has 0 saturated heterocycles. The summed E-state index contributed by atoms with van der Waals surface area (Å²) < 4.78 is 51.1. The highest BCUT2D eigenvalue weighted by Crippen LogP contribution is 2.43. The molecule has 2 aromatic carbocycles. The quantitative estimate of drug-likeness (QED) is 0.661. The van der Waals surface area contributed by atoms with E-state index in [1.165, 1.54) is 23.1 Å². The van der Waals surface area contributed by atoms with Crippen LogP contribution in [0.2, 0.25) is 0 Å². The minimum absolute atomic E-state index is 0.230. The summed E-state index contributed by atoms with van der Waals surface area (Å²) in [5.74, 6) is 0.258. The maximum absolute atomic E-state index is 13.5. The lowest BCUT2D eigenvalue weighted by Gasteiger charge is -2.33. The van der Waals surface area contributed by atoms with Crippen molar-refractivity contribution in [3.05, 3.63) is 47.5 Å². The number of anilines is 2. The number of fused-ring (bicyclic) bond motifs is 1. The largest absolute Gasteiger partial charge is 0.496 e. The zero-order chi connectivity index (χ0) is 22.1. The number of benzene rings is 2. The number of para-hydroxylation sites is 2. The van der Waals surface area contributed by atoms with Crippen molar-refractivity contribution in [2.75, 3.05) is 44.3 Å². The van der Waals surface area contributed by atoms with Gasteiger partial charge in [0.05, 0.1) is 19.3 Å². The molecule has 1 aliphatic rings. The topological polar surface area (TPSA) is 45.3 Å². The molecule has 9 heteroatoms. The number of hydrogen-bond donors (Lipinski definition) is 0. The van der Waals surface area contributed by atoms with Crippen LogP contribution in [0.15, 0.2) is 36.4 Å². The van der Waals surface area contributed by atoms with Gasteiger partial charge in [0.1, 0.15) is 17.2 Å². The molecule has 0 bridgehead atoms. The molecule has 1 aliphatic heterocycles. The number of urea groups is 1. The van der Waals surface area contributed by atoms with E-state index < -0.39 is 17.8 Å². The van der Waals surface area contributed by atoms with Gasteiger partial charge in [0.15, 0.2) is 0 Å². The molecule has 0 fully saturated rings. The van der Waals surface area contributed by atoms with Crippen molar-refractivity contribution in [2.45, 2.75) is 19.5 Å². The minimum Gasteiger partial charge on any atom is -0.496 e. The van der Waals surface area contributed by atoms with Gasteiger partial charge >= 0.3 is 12.2 Å². The fourth-order valence-corrected chi connectivity index (χ4v) is 3.52. The average molecular weight is 423 g/mol. The molecule has 6 nitrogen and oxygen atoms in total. The van der Waals surface area contributed by atoms with Crippen molar-refractivity contribution in [2.24, 2.45) is 0 Å². The van der Waals surface area contributed by atoms with E-state index in [9.17, 15) is 18.0 Å². The zero-order valence-electron chi connectivity index (χ0n) is 17.3. The summed E-state index contributed by atoms with van der Waals surface area (Å²) in [5, 5.41) is 2.96. The Balaban J connectivity index is 2.04. The van der Waals surface area contributed by atoms with Gasteiger partial charge in [-0.15, -0.1) is 0 Å². The van der Waals surface area contributed by atoms with Crippen LogP contribution in [-0.2, 0) is 12.6 Å². The standard InChI is InChI=1S/C21H24F3N3O3/c1-5-30-18-9-7-6-8-16(18)27(25(2)3)20(28)26-11-10-14-12-19(29-4)15(13-17(14)26)21(22,23)24/h6-9,12-13H,5,10-11H2,1-4H3. The Morgan fingerprint density at radius 3 is 2.47 bits per heavy atom. The number of nitrogens with zero attached hydrogens (tertiary/aromatic N) is 3. The van der Waals surface area contributed by atoms with Crippen molar-refractivity contribution >= 4 is 17.4 Å². The molecule has 30 heavy (non-hydrogen) atoms. The molecule has 2 amide bonds. The second kappa shape index (κ2) is 8.43. The van der Waals surface area contributed by atoms with Crippen LogP contribution >= 0.6 is 0 Å².